The maximum atomic E-state index is 5.85. The Labute approximate surface area is 120 Å². The molecule has 1 saturated heterocycles. The summed E-state index contributed by atoms with van der Waals surface area (Å²) in [5, 5.41) is 0. The zero-order valence-corrected chi connectivity index (χ0v) is 14.1. The van der Waals surface area contributed by atoms with E-state index in [2.05, 4.69) is 57.2 Å². The summed E-state index contributed by atoms with van der Waals surface area (Å²) in [6.45, 7) is 13.0. The molecule has 0 amide bonds. The van der Waals surface area contributed by atoms with Crippen molar-refractivity contribution < 1.29 is 9.47 Å². The Hall–Kier alpha value is 0.650. The molecule has 102 valence electrons. The third-order valence-corrected chi connectivity index (χ3v) is 5.48. The van der Waals surface area contributed by atoms with Crippen LogP contribution in [0.3, 0.4) is 0 Å². The molecule has 3 heteroatoms. The Morgan fingerprint density at radius 3 is 2.00 bits per heavy atom. The molecule has 0 aliphatic carbocycles. The fraction of sp³-hybridized carbons (Fsp3) is 1.00. The lowest BCUT2D eigenvalue weighted by molar-refractivity contribution is -0.182. The lowest BCUT2D eigenvalue weighted by Gasteiger charge is -2.39. The van der Waals surface area contributed by atoms with Gasteiger partial charge in [-0.1, -0.05) is 57.2 Å². The van der Waals surface area contributed by atoms with Crippen molar-refractivity contribution in [2.45, 2.75) is 59.7 Å². The van der Waals surface area contributed by atoms with Crippen LogP contribution in [0.15, 0.2) is 0 Å². The molecule has 17 heavy (non-hydrogen) atoms. The summed E-state index contributed by atoms with van der Waals surface area (Å²) in [6.07, 6.45) is 3.15. The van der Waals surface area contributed by atoms with E-state index in [0.717, 1.165) is 26.1 Å². The first kappa shape index (κ1) is 15.7. The maximum Gasteiger partial charge on any atom is 0.168 e. The molecular formula is C14H27IO2. The van der Waals surface area contributed by atoms with Gasteiger partial charge >= 0.3 is 0 Å². The third-order valence-electron chi connectivity index (χ3n) is 3.42. The molecule has 1 aliphatic heterocycles. The topological polar surface area (TPSA) is 18.5 Å². The van der Waals surface area contributed by atoms with Gasteiger partial charge in [0.15, 0.2) is 5.79 Å². The molecule has 0 aromatic heterocycles. The summed E-state index contributed by atoms with van der Waals surface area (Å²) in [4.78, 5) is 0. The molecule has 0 aromatic rings. The average molecular weight is 354 g/mol. The summed E-state index contributed by atoms with van der Waals surface area (Å²) in [5.74, 6) is -0.315. The van der Waals surface area contributed by atoms with E-state index in [1.165, 1.54) is 10.8 Å². The van der Waals surface area contributed by atoms with Crippen molar-refractivity contribution in [3.8, 4) is 0 Å². The summed E-state index contributed by atoms with van der Waals surface area (Å²) >= 11 is 2.49. The average Bonchev–Trinajstić information content (AvgIpc) is 2.64. The Morgan fingerprint density at radius 2 is 1.59 bits per heavy atom. The van der Waals surface area contributed by atoms with E-state index in [1.807, 2.05) is 0 Å². The quantitative estimate of drug-likeness (QED) is 0.520. The van der Waals surface area contributed by atoms with Crippen LogP contribution in [0.5, 0.6) is 0 Å². The van der Waals surface area contributed by atoms with Gasteiger partial charge < -0.3 is 9.47 Å². The summed E-state index contributed by atoms with van der Waals surface area (Å²) in [6, 6.07) is 0. The van der Waals surface area contributed by atoms with Gasteiger partial charge in [-0.15, -0.1) is 0 Å². The summed E-state index contributed by atoms with van der Waals surface area (Å²) < 4.78 is 12.9. The molecule has 1 rings (SSSR count). The van der Waals surface area contributed by atoms with Gasteiger partial charge in [-0.25, -0.2) is 0 Å². The van der Waals surface area contributed by atoms with E-state index < -0.39 is 0 Å². The molecule has 0 atom stereocenters. The van der Waals surface area contributed by atoms with Gasteiger partial charge in [0.2, 0.25) is 0 Å². The van der Waals surface area contributed by atoms with Crippen LogP contribution in [0.1, 0.15) is 53.9 Å². The van der Waals surface area contributed by atoms with Gasteiger partial charge in [0.05, 0.1) is 13.2 Å². The lowest BCUT2D eigenvalue weighted by atomic mass is 9.72. The van der Waals surface area contributed by atoms with Crippen molar-refractivity contribution in [2.75, 3.05) is 17.6 Å². The molecule has 1 heterocycles. The molecule has 0 bridgehead atoms. The summed E-state index contributed by atoms with van der Waals surface area (Å²) in [7, 11) is 0. The van der Waals surface area contributed by atoms with Crippen LogP contribution in [0.4, 0.5) is 0 Å². The molecule has 0 aromatic carbocycles. The van der Waals surface area contributed by atoms with Gasteiger partial charge in [-0.3, -0.25) is 0 Å². The van der Waals surface area contributed by atoms with Crippen LogP contribution in [-0.2, 0) is 9.47 Å². The highest BCUT2D eigenvalue weighted by Gasteiger charge is 2.41. The number of alkyl halides is 1. The molecule has 0 N–H and O–H groups in total. The fourth-order valence-corrected chi connectivity index (χ4v) is 3.33. The molecule has 0 unspecified atom stereocenters. The number of hydrogen-bond donors (Lipinski definition) is 0. The predicted octanol–water partition coefficient (Wildman–Crippen LogP) is 4.41. The van der Waals surface area contributed by atoms with Gasteiger partial charge in [0.1, 0.15) is 0 Å². The van der Waals surface area contributed by atoms with Crippen LogP contribution in [0.2, 0.25) is 0 Å². The Morgan fingerprint density at radius 1 is 1.06 bits per heavy atom. The minimum absolute atomic E-state index is 0.259. The van der Waals surface area contributed by atoms with E-state index in [9.17, 15) is 0 Å². The molecular weight excluding hydrogens is 327 g/mol. The van der Waals surface area contributed by atoms with Crippen LogP contribution < -0.4 is 0 Å². The van der Waals surface area contributed by atoms with Gasteiger partial charge in [0.25, 0.3) is 0 Å². The first-order valence-corrected chi connectivity index (χ1v) is 8.11. The largest absolute Gasteiger partial charge is 0.348 e. The maximum absolute atomic E-state index is 5.85. The standard InChI is InChI=1S/C14H27IO2/c1-6-14(16-7-8-17-14)10-12(2,3)9-13(4,5)11-15/h6-11H2,1-5H3. The van der Waals surface area contributed by atoms with E-state index in [-0.39, 0.29) is 11.2 Å². The number of ether oxygens (including phenoxy) is 2. The number of rotatable bonds is 6. The van der Waals surface area contributed by atoms with Gasteiger partial charge in [0, 0.05) is 10.8 Å². The monoisotopic (exact) mass is 354 g/mol. The molecule has 1 aliphatic rings. The summed E-state index contributed by atoms with van der Waals surface area (Å²) in [5.41, 5.74) is 0.645. The Bertz CT molecular complexity index is 243. The van der Waals surface area contributed by atoms with E-state index in [1.54, 1.807) is 0 Å². The highest BCUT2D eigenvalue weighted by molar-refractivity contribution is 14.1. The minimum atomic E-state index is -0.315. The van der Waals surface area contributed by atoms with E-state index in [0.29, 0.717) is 5.41 Å². The molecule has 0 spiro atoms. The Balaban J connectivity index is 2.64. The molecule has 2 nitrogen and oxygen atoms in total. The van der Waals surface area contributed by atoms with Gasteiger partial charge in [-0.2, -0.15) is 0 Å². The minimum Gasteiger partial charge on any atom is -0.348 e. The zero-order chi connectivity index (χ0) is 13.2. The van der Waals surface area contributed by atoms with Crippen molar-refractivity contribution in [1.82, 2.24) is 0 Å². The van der Waals surface area contributed by atoms with Crippen molar-refractivity contribution in [1.29, 1.82) is 0 Å². The zero-order valence-electron chi connectivity index (χ0n) is 11.9. The number of hydrogen-bond acceptors (Lipinski definition) is 2. The molecule has 0 radical (unpaired) electrons. The van der Waals surface area contributed by atoms with Gasteiger partial charge in [-0.05, 0) is 23.7 Å². The highest BCUT2D eigenvalue weighted by Crippen LogP contribution is 2.43. The van der Waals surface area contributed by atoms with Crippen LogP contribution >= 0.6 is 22.6 Å². The SMILES string of the molecule is CCC1(CC(C)(C)CC(C)(C)CI)OCCO1. The molecule has 0 saturated carbocycles. The highest BCUT2D eigenvalue weighted by atomic mass is 127. The molecule has 1 fully saturated rings. The fourth-order valence-electron chi connectivity index (χ4n) is 3.06. The normalized spacial score (nSPS) is 20.8. The predicted molar refractivity (Wildman–Crippen MR) is 80.6 cm³/mol. The second-order valence-electron chi connectivity index (χ2n) is 6.78. The van der Waals surface area contributed by atoms with Crippen LogP contribution in [0.25, 0.3) is 0 Å². The van der Waals surface area contributed by atoms with E-state index in [4.69, 9.17) is 9.47 Å². The van der Waals surface area contributed by atoms with Crippen molar-refractivity contribution in [3.05, 3.63) is 0 Å². The second kappa shape index (κ2) is 5.74. The second-order valence-corrected chi connectivity index (χ2v) is 7.54. The van der Waals surface area contributed by atoms with Crippen LogP contribution in [-0.4, -0.2) is 23.4 Å². The van der Waals surface area contributed by atoms with E-state index >= 15 is 0 Å². The van der Waals surface area contributed by atoms with Crippen molar-refractivity contribution in [2.24, 2.45) is 10.8 Å². The Kier molecular flexibility index (Phi) is 5.30. The first-order valence-electron chi connectivity index (χ1n) is 6.58. The van der Waals surface area contributed by atoms with Crippen molar-refractivity contribution in [3.63, 3.8) is 0 Å². The number of halogens is 1. The van der Waals surface area contributed by atoms with Crippen molar-refractivity contribution >= 4 is 22.6 Å². The first-order chi connectivity index (χ1) is 7.74. The smallest absolute Gasteiger partial charge is 0.168 e. The van der Waals surface area contributed by atoms with Crippen LogP contribution in [0, 0.1) is 10.8 Å². The third kappa shape index (κ3) is 4.67. The lowest BCUT2D eigenvalue weighted by Crippen LogP contribution is -2.37.